The third-order valence-corrected chi connectivity index (χ3v) is 9.45. The summed E-state index contributed by atoms with van der Waals surface area (Å²) in [4.78, 5) is 24.7. The first-order valence-corrected chi connectivity index (χ1v) is 14.4. The fourth-order valence-electron chi connectivity index (χ4n) is 7.18. The van der Waals surface area contributed by atoms with E-state index in [1.165, 1.54) is 12.3 Å². The van der Waals surface area contributed by atoms with Gasteiger partial charge in [0.25, 0.3) is 5.91 Å². The molecule has 8 rings (SSSR count). The first kappa shape index (κ1) is 25.3. The van der Waals surface area contributed by atoms with Gasteiger partial charge in [-0.25, -0.2) is 13.8 Å². The molecule has 11 heteroatoms. The number of hydrogen-bond donors (Lipinski definition) is 1. The molecule has 0 aliphatic carbocycles. The van der Waals surface area contributed by atoms with E-state index in [2.05, 4.69) is 17.3 Å². The Hall–Kier alpha value is -3.47. The van der Waals surface area contributed by atoms with Crippen molar-refractivity contribution in [3.05, 3.63) is 47.2 Å². The highest BCUT2D eigenvalue weighted by molar-refractivity contribution is 6.35. The predicted molar refractivity (Wildman–Crippen MR) is 153 cm³/mol. The minimum Gasteiger partial charge on any atom is -0.469 e. The quantitative estimate of drug-likeness (QED) is 0.360. The van der Waals surface area contributed by atoms with Crippen molar-refractivity contribution in [2.75, 3.05) is 43.0 Å². The summed E-state index contributed by atoms with van der Waals surface area (Å²) in [5.74, 6) is -1.23. The number of piperazine rings is 1. The smallest absolute Gasteiger partial charge is 0.251 e. The third kappa shape index (κ3) is 3.57. The van der Waals surface area contributed by atoms with Crippen molar-refractivity contribution in [1.29, 1.82) is 0 Å². The van der Waals surface area contributed by atoms with Crippen molar-refractivity contribution in [2.45, 2.75) is 44.0 Å². The Labute approximate surface area is 239 Å². The number of benzene rings is 2. The van der Waals surface area contributed by atoms with Crippen LogP contribution in [0.25, 0.3) is 33.0 Å². The molecule has 4 aromatic rings. The third-order valence-electron chi connectivity index (χ3n) is 9.15. The second-order valence-corrected chi connectivity index (χ2v) is 12.0. The van der Waals surface area contributed by atoms with Gasteiger partial charge in [0.15, 0.2) is 5.82 Å². The molecule has 8 nitrogen and oxygen atoms in total. The van der Waals surface area contributed by atoms with Crippen LogP contribution in [0, 0.1) is 11.6 Å². The zero-order valence-corrected chi connectivity index (χ0v) is 23.3. The van der Waals surface area contributed by atoms with Gasteiger partial charge in [-0.15, -0.1) is 0 Å². The Morgan fingerprint density at radius 2 is 2.00 bits per heavy atom. The van der Waals surface area contributed by atoms with Crippen LogP contribution < -0.4 is 19.9 Å². The van der Waals surface area contributed by atoms with Crippen LogP contribution in [-0.2, 0) is 4.79 Å². The minimum atomic E-state index is -0.763. The summed E-state index contributed by atoms with van der Waals surface area (Å²) < 4.78 is 44.1. The molecule has 41 heavy (non-hydrogen) atoms. The van der Waals surface area contributed by atoms with Crippen molar-refractivity contribution < 1.29 is 22.7 Å². The number of carbonyl (C=O) groups is 1. The number of hydrogen-bond acceptors (Lipinski definition) is 7. The summed E-state index contributed by atoms with van der Waals surface area (Å²) in [5.41, 5.74) is 1.27. The highest BCUT2D eigenvalue weighted by Gasteiger charge is 2.49. The van der Waals surface area contributed by atoms with Gasteiger partial charge in [0.2, 0.25) is 5.88 Å². The molecule has 0 saturated carbocycles. The van der Waals surface area contributed by atoms with Crippen molar-refractivity contribution >= 4 is 50.8 Å². The summed E-state index contributed by atoms with van der Waals surface area (Å²) in [6, 6.07) is 5.92. The normalized spacial score (nSPS) is 26.0. The lowest BCUT2D eigenvalue weighted by molar-refractivity contribution is -0.121. The molecule has 212 valence electrons. The number of likely N-dealkylation sites (N-methyl/N-ethyl adjacent to an activating group) is 1. The van der Waals surface area contributed by atoms with Crippen LogP contribution in [0.2, 0.25) is 5.02 Å². The molecule has 0 spiro atoms. The van der Waals surface area contributed by atoms with Crippen LogP contribution in [0.1, 0.15) is 19.8 Å². The van der Waals surface area contributed by atoms with E-state index in [9.17, 15) is 4.79 Å². The molecule has 0 unspecified atom stereocenters. The number of furan rings is 1. The van der Waals surface area contributed by atoms with E-state index in [4.69, 9.17) is 25.7 Å². The summed E-state index contributed by atoms with van der Waals surface area (Å²) >= 11 is 6.78. The first-order valence-electron chi connectivity index (χ1n) is 14.0. The molecule has 6 heterocycles. The molecule has 1 amide bonds. The zero-order chi connectivity index (χ0) is 28.2. The van der Waals surface area contributed by atoms with Gasteiger partial charge in [-0.2, -0.15) is 0 Å². The maximum Gasteiger partial charge on any atom is 0.251 e. The maximum atomic E-state index is 16.7. The molecule has 2 saturated heterocycles. The number of rotatable bonds is 2. The molecule has 4 aliphatic heterocycles. The van der Waals surface area contributed by atoms with E-state index >= 15 is 8.78 Å². The SMILES string of the molecule is C[C@@H]1CN2c3c4c(nc5c(F)c(-c6c(F)ccc7ccoc67)c(Cl)cc35)O[C@@H]([C@@H]3CCCN3C)CN4C(=O)[C@H]2CN1. The average molecular weight is 580 g/mol. The van der Waals surface area contributed by atoms with Crippen LogP contribution in [-0.4, -0.2) is 73.2 Å². The molecule has 0 radical (unpaired) electrons. The molecule has 1 N–H and O–H groups in total. The van der Waals surface area contributed by atoms with Gasteiger partial charge in [-0.3, -0.25) is 9.69 Å². The monoisotopic (exact) mass is 579 g/mol. The topological polar surface area (TPSA) is 74.1 Å². The zero-order valence-electron chi connectivity index (χ0n) is 22.6. The lowest BCUT2D eigenvalue weighted by atomic mass is 9.95. The van der Waals surface area contributed by atoms with Gasteiger partial charge in [0.05, 0.1) is 29.1 Å². The second-order valence-electron chi connectivity index (χ2n) is 11.6. The van der Waals surface area contributed by atoms with Crippen LogP contribution in [0.4, 0.5) is 20.2 Å². The number of nitrogens with zero attached hydrogens (tertiary/aromatic N) is 4. The highest BCUT2D eigenvalue weighted by Crippen LogP contribution is 2.52. The van der Waals surface area contributed by atoms with Gasteiger partial charge in [-0.1, -0.05) is 11.6 Å². The van der Waals surface area contributed by atoms with Gasteiger partial charge in [0.1, 0.15) is 34.8 Å². The van der Waals surface area contributed by atoms with Crippen LogP contribution in [0.3, 0.4) is 0 Å². The average Bonchev–Trinajstić information content (AvgIpc) is 3.61. The summed E-state index contributed by atoms with van der Waals surface area (Å²) in [7, 11) is 2.06. The molecule has 4 atom stereocenters. The lowest BCUT2D eigenvalue weighted by Crippen LogP contribution is -2.66. The molecule has 2 aromatic carbocycles. The number of anilines is 2. The standard InChI is InChI=1S/C30H28ClF2N5O3/c1-14-12-37-20(11-34-14)30(39)38-13-21(19-4-3-8-36(19)2)41-29-27(38)26(37)16-10-17(31)22(24(33)25(16)35-29)23-18(32)6-5-15-7-9-40-28(15)23/h5-7,9-10,14,19-21,34H,3-4,8,11-13H2,1-2H3/t14-,19+,20-,21-/m1/s1. The Balaban J connectivity index is 1.40. The number of nitrogens with one attached hydrogen (secondary N) is 1. The van der Waals surface area contributed by atoms with Crippen molar-refractivity contribution in [2.24, 2.45) is 0 Å². The minimum absolute atomic E-state index is 0.0146. The maximum absolute atomic E-state index is 16.7. The number of fused-ring (bicyclic) bond motifs is 5. The number of pyridine rings is 1. The van der Waals surface area contributed by atoms with Gasteiger partial charge < -0.3 is 24.3 Å². The Bertz CT molecular complexity index is 1760. The van der Waals surface area contributed by atoms with E-state index in [0.29, 0.717) is 41.8 Å². The van der Waals surface area contributed by atoms with Gasteiger partial charge in [-0.05, 0) is 57.6 Å². The molecule has 2 fully saturated rings. The van der Waals surface area contributed by atoms with E-state index in [-0.39, 0.29) is 57.2 Å². The molecule has 0 bridgehead atoms. The summed E-state index contributed by atoms with van der Waals surface area (Å²) in [6.45, 7) is 4.38. The van der Waals surface area contributed by atoms with Crippen molar-refractivity contribution in [3.63, 3.8) is 0 Å². The van der Waals surface area contributed by atoms with E-state index in [1.807, 2.05) is 11.8 Å². The van der Waals surface area contributed by atoms with Crippen LogP contribution in [0.15, 0.2) is 34.9 Å². The Morgan fingerprint density at radius 3 is 2.80 bits per heavy atom. The van der Waals surface area contributed by atoms with Crippen molar-refractivity contribution in [3.8, 4) is 17.0 Å². The molecular formula is C30H28ClF2N5O3. The number of halogens is 3. The Morgan fingerprint density at radius 1 is 1.15 bits per heavy atom. The van der Waals surface area contributed by atoms with Crippen LogP contribution in [0.5, 0.6) is 5.88 Å². The van der Waals surface area contributed by atoms with E-state index in [1.54, 1.807) is 23.1 Å². The number of likely N-dealkylation sites (tertiary alicyclic amines) is 1. The van der Waals surface area contributed by atoms with E-state index in [0.717, 1.165) is 19.4 Å². The summed E-state index contributed by atoms with van der Waals surface area (Å²) in [6.07, 6.45) is 3.10. The fourth-order valence-corrected chi connectivity index (χ4v) is 7.47. The first-order chi connectivity index (χ1) is 19.8. The van der Waals surface area contributed by atoms with Crippen molar-refractivity contribution in [1.82, 2.24) is 15.2 Å². The number of aromatic nitrogens is 1. The largest absolute Gasteiger partial charge is 0.469 e. The Kier molecular flexibility index (Phi) is 5.55. The predicted octanol–water partition coefficient (Wildman–Crippen LogP) is 4.95. The van der Waals surface area contributed by atoms with Gasteiger partial charge >= 0.3 is 0 Å². The highest BCUT2D eigenvalue weighted by atomic mass is 35.5. The number of carbonyl (C=O) groups excluding carboxylic acids is 1. The number of ether oxygens (including phenoxy) is 1. The summed E-state index contributed by atoms with van der Waals surface area (Å²) in [5, 5.41) is 4.53. The lowest BCUT2D eigenvalue weighted by Gasteiger charge is -2.50. The van der Waals surface area contributed by atoms with Gasteiger partial charge in [0, 0.05) is 41.5 Å². The molecule has 4 aliphatic rings. The fraction of sp³-hybridized carbons (Fsp3) is 0.400. The molecular weight excluding hydrogens is 552 g/mol. The van der Waals surface area contributed by atoms with E-state index < -0.39 is 17.7 Å². The number of amides is 1. The molecule has 2 aromatic heterocycles. The second kappa shape index (κ2) is 9.01. The van der Waals surface area contributed by atoms with Crippen LogP contribution >= 0.6 is 11.6 Å².